The minimum absolute atomic E-state index is 0.0363. The van der Waals surface area contributed by atoms with Crippen LogP contribution in [0.15, 0.2) is 42.5 Å². The van der Waals surface area contributed by atoms with Gasteiger partial charge in [-0.15, -0.1) is 0 Å². The van der Waals surface area contributed by atoms with E-state index in [9.17, 15) is 14.9 Å². The van der Waals surface area contributed by atoms with E-state index in [1.807, 2.05) is 0 Å². The lowest BCUT2D eigenvalue weighted by atomic mass is 10.2. The van der Waals surface area contributed by atoms with Gasteiger partial charge in [-0.1, -0.05) is 6.07 Å². The lowest BCUT2D eigenvalue weighted by Gasteiger charge is -2.12. The van der Waals surface area contributed by atoms with E-state index >= 15 is 0 Å². The number of carbonyl (C=O) groups is 1. The molecule has 0 atom stereocenters. The van der Waals surface area contributed by atoms with Crippen molar-refractivity contribution in [3.8, 4) is 17.2 Å². The zero-order chi connectivity index (χ0) is 21.4. The van der Waals surface area contributed by atoms with Gasteiger partial charge in [0, 0.05) is 18.2 Å². The molecule has 0 bridgehead atoms. The fourth-order valence-corrected chi connectivity index (χ4v) is 2.55. The summed E-state index contributed by atoms with van der Waals surface area (Å²) in [5.41, 5.74) is 0.837. The van der Waals surface area contributed by atoms with Crippen LogP contribution in [0.5, 0.6) is 17.2 Å². The molecule has 0 saturated carbocycles. The Morgan fingerprint density at radius 3 is 2.31 bits per heavy atom. The Labute approximate surface area is 172 Å². The summed E-state index contributed by atoms with van der Waals surface area (Å²) in [5, 5.41) is 16.1. The quantitative estimate of drug-likeness (QED) is 0.306. The van der Waals surface area contributed by atoms with Crippen LogP contribution < -0.4 is 24.8 Å². The Morgan fingerprint density at radius 1 is 1.03 bits per heavy atom. The molecule has 9 nitrogen and oxygen atoms in total. The number of rotatable bonds is 7. The van der Waals surface area contributed by atoms with E-state index in [0.717, 1.165) is 5.56 Å². The van der Waals surface area contributed by atoms with Gasteiger partial charge in [0.15, 0.2) is 16.6 Å². The third kappa shape index (κ3) is 5.91. The highest BCUT2D eigenvalue weighted by Crippen LogP contribution is 2.29. The molecule has 0 aliphatic rings. The third-order valence-electron chi connectivity index (χ3n) is 3.71. The fraction of sp³-hybridized carbons (Fsp3) is 0.158. The molecule has 0 aliphatic carbocycles. The van der Waals surface area contributed by atoms with E-state index in [0.29, 0.717) is 17.2 Å². The van der Waals surface area contributed by atoms with Crippen molar-refractivity contribution in [3.63, 3.8) is 0 Å². The van der Waals surface area contributed by atoms with E-state index in [1.165, 1.54) is 45.6 Å². The normalized spacial score (nSPS) is 10.3. The predicted octanol–water partition coefficient (Wildman–Crippen LogP) is 3.15. The van der Waals surface area contributed by atoms with Crippen molar-refractivity contribution in [1.82, 2.24) is 5.32 Å². The molecule has 0 saturated heterocycles. The first-order chi connectivity index (χ1) is 13.9. The standard InChI is InChI=1S/C19H19N3O6S/c1-26-15-8-6-13(22(24)25)11-14(15)20-19(29)21-18(23)9-5-12-4-7-16(27-2)17(10-12)28-3/h4-11H,1-3H3,(H2,20,21,23,29). The van der Waals surface area contributed by atoms with Gasteiger partial charge in [0.1, 0.15) is 5.75 Å². The molecule has 2 aromatic rings. The average molecular weight is 417 g/mol. The van der Waals surface area contributed by atoms with Gasteiger partial charge >= 0.3 is 0 Å². The van der Waals surface area contributed by atoms with E-state index in [2.05, 4.69) is 10.6 Å². The smallest absolute Gasteiger partial charge is 0.271 e. The lowest BCUT2D eigenvalue weighted by molar-refractivity contribution is -0.384. The molecule has 10 heteroatoms. The summed E-state index contributed by atoms with van der Waals surface area (Å²) in [4.78, 5) is 22.5. The zero-order valence-electron chi connectivity index (χ0n) is 15.9. The van der Waals surface area contributed by atoms with Crippen LogP contribution in [0.4, 0.5) is 11.4 Å². The minimum atomic E-state index is -0.544. The molecule has 0 radical (unpaired) electrons. The molecule has 0 unspecified atom stereocenters. The number of carbonyl (C=O) groups excluding carboxylic acids is 1. The third-order valence-corrected chi connectivity index (χ3v) is 3.92. The van der Waals surface area contributed by atoms with Gasteiger partial charge in [-0.25, -0.2) is 0 Å². The minimum Gasteiger partial charge on any atom is -0.495 e. The van der Waals surface area contributed by atoms with Crippen molar-refractivity contribution in [2.24, 2.45) is 0 Å². The molecule has 0 spiro atoms. The SMILES string of the molecule is COc1ccc([N+](=O)[O-])cc1NC(=S)NC(=O)C=Cc1ccc(OC)c(OC)c1. The van der Waals surface area contributed by atoms with Crippen LogP contribution in [0.3, 0.4) is 0 Å². The second-order valence-corrected chi connectivity index (χ2v) is 5.94. The number of amides is 1. The zero-order valence-corrected chi connectivity index (χ0v) is 16.7. The molecule has 2 N–H and O–H groups in total. The van der Waals surface area contributed by atoms with Gasteiger partial charge in [-0.3, -0.25) is 20.2 Å². The number of nitro benzene ring substituents is 1. The number of hydrogen-bond donors (Lipinski definition) is 2. The second-order valence-electron chi connectivity index (χ2n) is 5.53. The molecule has 0 aromatic heterocycles. The first-order valence-corrected chi connectivity index (χ1v) is 8.63. The van der Waals surface area contributed by atoms with Crippen molar-refractivity contribution in [3.05, 3.63) is 58.2 Å². The number of nitrogens with one attached hydrogen (secondary N) is 2. The highest BCUT2D eigenvalue weighted by molar-refractivity contribution is 7.80. The first-order valence-electron chi connectivity index (χ1n) is 8.22. The number of non-ortho nitro benzene ring substituents is 1. The summed E-state index contributed by atoms with van der Waals surface area (Å²) in [6.07, 6.45) is 2.87. The molecule has 29 heavy (non-hydrogen) atoms. The largest absolute Gasteiger partial charge is 0.495 e. The Kier molecular flexibility index (Phi) is 7.49. The van der Waals surface area contributed by atoms with Crippen LogP contribution in [0.25, 0.3) is 6.08 Å². The van der Waals surface area contributed by atoms with E-state index < -0.39 is 10.8 Å². The number of hydrogen-bond acceptors (Lipinski definition) is 7. The molecule has 1 amide bonds. The number of thiocarbonyl (C=S) groups is 1. The van der Waals surface area contributed by atoms with Crippen molar-refractivity contribution in [2.75, 3.05) is 26.6 Å². The van der Waals surface area contributed by atoms with Gasteiger partial charge in [0.25, 0.3) is 5.69 Å². The summed E-state index contributed by atoms with van der Waals surface area (Å²) in [6, 6.07) is 9.19. The van der Waals surface area contributed by atoms with Crippen LogP contribution in [0.1, 0.15) is 5.56 Å². The summed E-state index contributed by atoms with van der Waals surface area (Å²) < 4.78 is 15.5. The molecule has 0 heterocycles. The topological polar surface area (TPSA) is 112 Å². The van der Waals surface area contributed by atoms with Crippen LogP contribution in [0, 0.1) is 10.1 Å². The number of benzene rings is 2. The Hall–Kier alpha value is -3.66. The maximum atomic E-state index is 12.1. The first kappa shape index (κ1) is 21.6. The van der Waals surface area contributed by atoms with Crippen molar-refractivity contribution < 1.29 is 23.9 Å². The van der Waals surface area contributed by atoms with Crippen molar-refractivity contribution in [2.45, 2.75) is 0 Å². The predicted molar refractivity (Wildman–Crippen MR) is 113 cm³/mol. The fourth-order valence-electron chi connectivity index (χ4n) is 2.34. The van der Waals surface area contributed by atoms with Crippen LogP contribution in [-0.2, 0) is 4.79 Å². The molecule has 0 aliphatic heterocycles. The number of ether oxygens (including phenoxy) is 3. The summed E-state index contributed by atoms with van der Waals surface area (Å²) in [6.45, 7) is 0. The maximum absolute atomic E-state index is 12.1. The van der Waals surface area contributed by atoms with Gasteiger partial charge in [-0.2, -0.15) is 0 Å². The Bertz CT molecular complexity index is 961. The average Bonchev–Trinajstić information content (AvgIpc) is 2.71. The second kappa shape index (κ2) is 10.0. The Balaban J connectivity index is 2.04. The number of nitro groups is 1. The van der Waals surface area contributed by atoms with Gasteiger partial charge in [-0.05, 0) is 42.1 Å². The van der Waals surface area contributed by atoms with E-state index in [1.54, 1.807) is 24.3 Å². The van der Waals surface area contributed by atoms with Gasteiger partial charge in [0.05, 0.1) is 31.9 Å². The van der Waals surface area contributed by atoms with Crippen LogP contribution in [0.2, 0.25) is 0 Å². The molecular formula is C19H19N3O6S. The summed E-state index contributed by atoms with van der Waals surface area (Å²) in [7, 11) is 4.47. The highest BCUT2D eigenvalue weighted by atomic mass is 32.1. The summed E-state index contributed by atoms with van der Waals surface area (Å²) >= 11 is 5.09. The molecule has 0 fully saturated rings. The summed E-state index contributed by atoms with van der Waals surface area (Å²) in [5.74, 6) is 0.963. The van der Waals surface area contributed by atoms with Crippen molar-refractivity contribution in [1.29, 1.82) is 0 Å². The van der Waals surface area contributed by atoms with Crippen molar-refractivity contribution >= 4 is 40.7 Å². The lowest BCUT2D eigenvalue weighted by Crippen LogP contribution is -2.32. The Morgan fingerprint density at radius 2 is 1.69 bits per heavy atom. The number of anilines is 1. The van der Waals surface area contributed by atoms with E-state index in [-0.39, 0.29) is 16.5 Å². The monoisotopic (exact) mass is 417 g/mol. The van der Waals surface area contributed by atoms with E-state index in [4.69, 9.17) is 26.4 Å². The highest BCUT2D eigenvalue weighted by Gasteiger charge is 2.13. The maximum Gasteiger partial charge on any atom is 0.271 e. The van der Waals surface area contributed by atoms with Gasteiger partial charge < -0.3 is 19.5 Å². The van der Waals surface area contributed by atoms with Crippen LogP contribution >= 0.6 is 12.2 Å². The molecular weight excluding hydrogens is 398 g/mol. The number of methoxy groups -OCH3 is 3. The number of nitrogens with zero attached hydrogens (tertiary/aromatic N) is 1. The molecule has 2 rings (SSSR count). The molecule has 2 aromatic carbocycles. The molecule has 152 valence electrons. The van der Waals surface area contributed by atoms with Gasteiger partial charge in [0.2, 0.25) is 5.91 Å². The van der Waals surface area contributed by atoms with Crippen LogP contribution in [-0.4, -0.2) is 37.3 Å².